The molecule has 4 heteroatoms. The number of Topliss-reactive ketones (excluding diaryl/α,β-unsaturated/α-hetero) is 1. The standard InChI is InChI=1S/C11H9NO2S/c1-8(13)10(7-12)11(14)15-9-5-3-2-4-6-9/h2-6,10H,1H3. The number of nitriles is 1. The fraction of sp³-hybridized carbons (Fsp3) is 0.182. The van der Waals surface area contributed by atoms with Gasteiger partial charge < -0.3 is 0 Å². The van der Waals surface area contributed by atoms with Gasteiger partial charge in [0.2, 0.25) is 5.12 Å². The molecule has 1 aromatic rings. The van der Waals surface area contributed by atoms with Gasteiger partial charge in [0, 0.05) is 4.90 Å². The Labute approximate surface area is 92.1 Å². The van der Waals surface area contributed by atoms with Crippen LogP contribution in [0, 0.1) is 17.2 Å². The van der Waals surface area contributed by atoms with Gasteiger partial charge in [-0.2, -0.15) is 5.26 Å². The first-order valence-corrected chi connectivity index (χ1v) is 5.13. The average Bonchev–Trinajstić information content (AvgIpc) is 2.19. The first kappa shape index (κ1) is 11.5. The second-order valence-corrected chi connectivity index (χ2v) is 3.98. The number of rotatable bonds is 3. The summed E-state index contributed by atoms with van der Waals surface area (Å²) in [5.74, 6) is -1.57. The van der Waals surface area contributed by atoms with Crippen molar-refractivity contribution in [2.45, 2.75) is 11.8 Å². The third kappa shape index (κ3) is 3.22. The van der Waals surface area contributed by atoms with E-state index in [1.54, 1.807) is 30.3 Å². The Morgan fingerprint density at radius 1 is 1.33 bits per heavy atom. The van der Waals surface area contributed by atoms with Crippen LogP contribution in [-0.4, -0.2) is 10.9 Å². The summed E-state index contributed by atoms with van der Waals surface area (Å²) in [7, 11) is 0. The van der Waals surface area contributed by atoms with Crippen molar-refractivity contribution >= 4 is 22.7 Å². The van der Waals surface area contributed by atoms with E-state index in [4.69, 9.17) is 5.26 Å². The molecule has 0 saturated carbocycles. The first-order chi connectivity index (χ1) is 7.15. The molecule has 3 nitrogen and oxygen atoms in total. The monoisotopic (exact) mass is 219 g/mol. The normalized spacial score (nSPS) is 11.5. The molecule has 0 radical (unpaired) electrons. The number of nitrogens with zero attached hydrogens (tertiary/aromatic N) is 1. The van der Waals surface area contributed by atoms with E-state index in [2.05, 4.69) is 0 Å². The molecule has 0 amide bonds. The average molecular weight is 219 g/mol. The van der Waals surface area contributed by atoms with Crippen LogP contribution in [0.3, 0.4) is 0 Å². The molecule has 1 aromatic carbocycles. The van der Waals surface area contributed by atoms with Crippen molar-refractivity contribution in [1.29, 1.82) is 5.26 Å². The van der Waals surface area contributed by atoms with E-state index in [1.165, 1.54) is 6.92 Å². The summed E-state index contributed by atoms with van der Waals surface area (Å²) in [6.45, 7) is 1.25. The van der Waals surface area contributed by atoms with Crippen LogP contribution in [0.4, 0.5) is 0 Å². The number of ketones is 1. The van der Waals surface area contributed by atoms with Gasteiger partial charge in [-0.15, -0.1) is 0 Å². The van der Waals surface area contributed by atoms with Crippen LogP contribution in [0.25, 0.3) is 0 Å². The Kier molecular flexibility index (Phi) is 4.07. The predicted octanol–water partition coefficient (Wildman–Crippen LogP) is 2.03. The van der Waals surface area contributed by atoms with Gasteiger partial charge in [-0.3, -0.25) is 9.59 Å². The van der Waals surface area contributed by atoms with E-state index in [0.29, 0.717) is 0 Å². The van der Waals surface area contributed by atoms with Crippen molar-refractivity contribution in [2.24, 2.45) is 5.92 Å². The lowest BCUT2D eigenvalue weighted by Gasteiger charge is -2.02. The molecule has 0 aliphatic heterocycles. The van der Waals surface area contributed by atoms with Gasteiger partial charge in [-0.05, 0) is 19.1 Å². The molecule has 1 rings (SSSR count). The van der Waals surface area contributed by atoms with E-state index >= 15 is 0 Å². The highest BCUT2D eigenvalue weighted by atomic mass is 32.2. The Bertz CT molecular complexity index is 408. The lowest BCUT2D eigenvalue weighted by atomic mass is 10.1. The highest BCUT2D eigenvalue weighted by molar-refractivity contribution is 8.13. The summed E-state index contributed by atoms with van der Waals surface area (Å²) >= 11 is 0.922. The highest BCUT2D eigenvalue weighted by Gasteiger charge is 2.23. The fourth-order valence-electron chi connectivity index (χ4n) is 0.973. The highest BCUT2D eigenvalue weighted by Crippen LogP contribution is 2.22. The molecule has 0 aliphatic carbocycles. The molecule has 0 aliphatic rings. The minimum absolute atomic E-state index is 0.411. The van der Waals surface area contributed by atoms with Crippen molar-refractivity contribution in [3.05, 3.63) is 30.3 Å². The Morgan fingerprint density at radius 2 is 1.93 bits per heavy atom. The molecule has 0 aromatic heterocycles. The van der Waals surface area contributed by atoms with Crippen LogP contribution in [0.1, 0.15) is 6.92 Å². The molecule has 15 heavy (non-hydrogen) atoms. The van der Waals surface area contributed by atoms with Gasteiger partial charge in [0.25, 0.3) is 0 Å². The second-order valence-electron chi connectivity index (χ2n) is 2.91. The number of thioether (sulfide) groups is 1. The second kappa shape index (κ2) is 5.32. The molecular formula is C11H9NO2S. The van der Waals surface area contributed by atoms with E-state index < -0.39 is 16.8 Å². The lowest BCUT2D eigenvalue weighted by Crippen LogP contribution is -2.17. The lowest BCUT2D eigenvalue weighted by molar-refractivity contribution is -0.124. The molecule has 1 unspecified atom stereocenters. The van der Waals surface area contributed by atoms with Crippen LogP contribution in [-0.2, 0) is 9.59 Å². The van der Waals surface area contributed by atoms with Gasteiger partial charge in [0.05, 0.1) is 6.07 Å². The smallest absolute Gasteiger partial charge is 0.218 e. The van der Waals surface area contributed by atoms with Gasteiger partial charge in [0.15, 0.2) is 11.7 Å². The molecular weight excluding hydrogens is 210 g/mol. The maximum absolute atomic E-state index is 11.5. The van der Waals surface area contributed by atoms with Crippen LogP contribution >= 0.6 is 11.8 Å². The zero-order valence-electron chi connectivity index (χ0n) is 8.14. The zero-order valence-corrected chi connectivity index (χ0v) is 8.95. The summed E-state index contributed by atoms with van der Waals surface area (Å²) in [5.41, 5.74) is 0. The van der Waals surface area contributed by atoms with Gasteiger partial charge in [-0.25, -0.2) is 0 Å². The largest absolute Gasteiger partial charge is 0.298 e. The number of hydrogen-bond acceptors (Lipinski definition) is 4. The molecule has 0 N–H and O–H groups in total. The van der Waals surface area contributed by atoms with E-state index in [9.17, 15) is 9.59 Å². The molecule has 1 atom stereocenters. The third-order valence-corrected chi connectivity index (χ3v) is 2.68. The minimum atomic E-state index is -1.16. The van der Waals surface area contributed by atoms with Gasteiger partial charge in [0.1, 0.15) is 0 Å². The molecule has 0 bridgehead atoms. The molecule has 0 fully saturated rings. The SMILES string of the molecule is CC(=O)C(C#N)C(=O)Sc1ccccc1. The summed E-state index contributed by atoms with van der Waals surface area (Å²) in [4.78, 5) is 23.2. The molecule has 0 saturated heterocycles. The summed E-state index contributed by atoms with van der Waals surface area (Å²) in [6, 6.07) is 10.7. The van der Waals surface area contributed by atoms with Gasteiger partial charge in [-0.1, -0.05) is 30.0 Å². The van der Waals surface area contributed by atoms with Crippen LogP contribution in [0.15, 0.2) is 35.2 Å². The van der Waals surface area contributed by atoms with Crippen LogP contribution < -0.4 is 0 Å². The Morgan fingerprint density at radius 3 is 2.40 bits per heavy atom. The molecule has 0 spiro atoms. The van der Waals surface area contributed by atoms with Crippen molar-refractivity contribution in [3.63, 3.8) is 0 Å². The molecule has 0 heterocycles. The first-order valence-electron chi connectivity index (χ1n) is 4.32. The number of benzene rings is 1. The summed E-state index contributed by atoms with van der Waals surface area (Å²) in [5, 5.41) is 8.22. The van der Waals surface area contributed by atoms with Crippen LogP contribution in [0.5, 0.6) is 0 Å². The molecule has 76 valence electrons. The third-order valence-electron chi connectivity index (χ3n) is 1.73. The Balaban J connectivity index is 2.72. The number of hydrogen-bond donors (Lipinski definition) is 0. The van der Waals surface area contributed by atoms with E-state index in [-0.39, 0.29) is 0 Å². The quantitative estimate of drug-likeness (QED) is 0.576. The van der Waals surface area contributed by atoms with E-state index in [0.717, 1.165) is 16.7 Å². The van der Waals surface area contributed by atoms with Crippen molar-refractivity contribution in [2.75, 3.05) is 0 Å². The van der Waals surface area contributed by atoms with Crippen molar-refractivity contribution in [3.8, 4) is 6.07 Å². The maximum atomic E-state index is 11.5. The summed E-state index contributed by atoms with van der Waals surface area (Å²) < 4.78 is 0. The number of carbonyl (C=O) groups is 2. The zero-order chi connectivity index (χ0) is 11.3. The van der Waals surface area contributed by atoms with E-state index in [1.807, 2.05) is 6.07 Å². The predicted molar refractivity (Wildman–Crippen MR) is 57.1 cm³/mol. The van der Waals surface area contributed by atoms with Gasteiger partial charge >= 0.3 is 0 Å². The number of carbonyl (C=O) groups excluding carboxylic acids is 2. The summed E-state index contributed by atoms with van der Waals surface area (Å²) in [6.07, 6.45) is 0. The van der Waals surface area contributed by atoms with Crippen LogP contribution in [0.2, 0.25) is 0 Å². The Hall–Kier alpha value is -1.60. The van der Waals surface area contributed by atoms with Crippen molar-refractivity contribution < 1.29 is 9.59 Å². The topological polar surface area (TPSA) is 57.9 Å². The minimum Gasteiger partial charge on any atom is -0.298 e. The van der Waals surface area contributed by atoms with Crippen molar-refractivity contribution in [1.82, 2.24) is 0 Å². The fourth-order valence-corrected chi connectivity index (χ4v) is 1.84. The maximum Gasteiger partial charge on any atom is 0.218 e.